The molecule has 108 valence electrons. The first kappa shape index (κ1) is 18.0. The SMILES string of the molecule is C#CC(C)(C)O.CC(C)(O)C#CC1(O)CCCCC1. The summed E-state index contributed by atoms with van der Waals surface area (Å²) in [6.45, 7) is 6.39. The summed E-state index contributed by atoms with van der Waals surface area (Å²) in [4.78, 5) is 0. The molecule has 0 unspecified atom stereocenters. The van der Waals surface area contributed by atoms with Crippen molar-refractivity contribution in [2.24, 2.45) is 0 Å². The second kappa shape index (κ2) is 6.96. The topological polar surface area (TPSA) is 60.7 Å². The summed E-state index contributed by atoms with van der Waals surface area (Å²) in [6, 6.07) is 0. The Balaban J connectivity index is 0.000000459. The van der Waals surface area contributed by atoms with Crippen LogP contribution in [0.25, 0.3) is 0 Å². The molecule has 0 amide bonds. The highest BCUT2D eigenvalue weighted by Crippen LogP contribution is 2.27. The third-order valence-electron chi connectivity index (χ3n) is 2.64. The van der Waals surface area contributed by atoms with Gasteiger partial charge in [0.15, 0.2) is 0 Å². The van der Waals surface area contributed by atoms with Crippen molar-refractivity contribution >= 4 is 0 Å². The largest absolute Gasteiger partial charge is 0.378 e. The highest BCUT2D eigenvalue weighted by atomic mass is 16.3. The molecule has 0 bridgehead atoms. The van der Waals surface area contributed by atoms with Gasteiger partial charge in [-0.2, -0.15) is 0 Å². The van der Waals surface area contributed by atoms with Gasteiger partial charge in [0.25, 0.3) is 0 Å². The van der Waals surface area contributed by atoms with E-state index in [1.165, 1.54) is 6.42 Å². The standard InChI is InChI=1S/C11H18O2.C5H8O/c1-10(2,12)8-9-11(13)6-4-3-5-7-11;1-4-5(2,3)6/h12-13H,3-7H2,1-2H3;1,6H,2-3H3. The second-order valence-electron chi connectivity index (χ2n) is 6.10. The summed E-state index contributed by atoms with van der Waals surface area (Å²) in [7, 11) is 0. The highest BCUT2D eigenvalue weighted by Gasteiger charge is 2.27. The molecule has 1 aliphatic carbocycles. The third kappa shape index (κ3) is 10.6. The van der Waals surface area contributed by atoms with Crippen molar-refractivity contribution in [3.8, 4) is 24.2 Å². The first-order valence-electron chi connectivity index (χ1n) is 6.67. The Labute approximate surface area is 117 Å². The monoisotopic (exact) mass is 266 g/mol. The fourth-order valence-electron chi connectivity index (χ4n) is 1.53. The van der Waals surface area contributed by atoms with Gasteiger partial charge in [-0.15, -0.1) is 6.42 Å². The minimum absolute atomic E-state index is 0.746. The average molecular weight is 266 g/mol. The summed E-state index contributed by atoms with van der Waals surface area (Å²) < 4.78 is 0. The van der Waals surface area contributed by atoms with Gasteiger partial charge in [-0.1, -0.05) is 24.2 Å². The van der Waals surface area contributed by atoms with Crippen LogP contribution in [0.5, 0.6) is 0 Å². The first-order valence-corrected chi connectivity index (χ1v) is 6.67. The van der Waals surface area contributed by atoms with Crippen molar-refractivity contribution in [1.29, 1.82) is 0 Å². The minimum atomic E-state index is -0.993. The predicted molar refractivity (Wildman–Crippen MR) is 77.2 cm³/mol. The molecule has 0 radical (unpaired) electrons. The Morgan fingerprint density at radius 3 is 1.68 bits per heavy atom. The van der Waals surface area contributed by atoms with Gasteiger partial charge in [-0.3, -0.25) is 0 Å². The highest BCUT2D eigenvalue weighted by molar-refractivity contribution is 5.19. The van der Waals surface area contributed by atoms with Crippen molar-refractivity contribution in [2.75, 3.05) is 0 Å². The molecule has 0 aliphatic heterocycles. The molecular weight excluding hydrogens is 240 g/mol. The number of hydrogen-bond acceptors (Lipinski definition) is 3. The van der Waals surface area contributed by atoms with Gasteiger partial charge < -0.3 is 15.3 Å². The number of rotatable bonds is 0. The van der Waals surface area contributed by atoms with Crippen LogP contribution in [0.4, 0.5) is 0 Å². The molecule has 1 saturated carbocycles. The number of hydrogen-bond donors (Lipinski definition) is 3. The van der Waals surface area contributed by atoms with Crippen LogP contribution in [-0.2, 0) is 0 Å². The molecule has 1 rings (SSSR count). The van der Waals surface area contributed by atoms with Gasteiger partial charge in [0, 0.05) is 0 Å². The van der Waals surface area contributed by atoms with Gasteiger partial charge in [0.1, 0.15) is 16.8 Å². The zero-order valence-electron chi connectivity index (χ0n) is 12.5. The van der Waals surface area contributed by atoms with E-state index >= 15 is 0 Å². The van der Waals surface area contributed by atoms with Crippen LogP contribution in [0, 0.1) is 24.2 Å². The zero-order valence-corrected chi connectivity index (χ0v) is 12.5. The molecule has 1 fully saturated rings. The molecule has 3 heteroatoms. The fraction of sp³-hybridized carbons (Fsp3) is 0.750. The predicted octanol–water partition coefficient (Wildman–Crippen LogP) is 1.85. The molecule has 0 spiro atoms. The Morgan fingerprint density at radius 1 is 0.947 bits per heavy atom. The van der Waals surface area contributed by atoms with Gasteiger partial charge in [0.05, 0.1) is 0 Å². The smallest absolute Gasteiger partial charge is 0.125 e. The van der Waals surface area contributed by atoms with E-state index in [9.17, 15) is 10.2 Å². The minimum Gasteiger partial charge on any atom is -0.378 e. The quantitative estimate of drug-likeness (QED) is 0.586. The maximum Gasteiger partial charge on any atom is 0.125 e. The summed E-state index contributed by atoms with van der Waals surface area (Å²) in [5, 5.41) is 27.9. The van der Waals surface area contributed by atoms with E-state index in [1.54, 1.807) is 27.7 Å². The van der Waals surface area contributed by atoms with Crippen molar-refractivity contribution in [3.63, 3.8) is 0 Å². The van der Waals surface area contributed by atoms with E-state index in [0.29, 0.717) is 0 Å². The average Bonchev–Trinajstić information content (AvgIpc) is 2.27. The van der Waals surface area contributed by atoms with E-state index in [2.05, 4.69) is 17.8 Å². The lowest BCUT2D eigenvalue weighted by molar-refractivity contribution is 0.0595. The molecule has 0 heterocycles. The van der Waals surface area contributed by atoms with Crippen molar-refractivity contribution in [3.05, 3.63) is 0 Å². The van der Waals surface area contributed by atoms with E-state index in [4.69, 9.17) is 11.5 Å². The van der Waals surface area contributed by atoms with Crippen LogP contribution in [0.2, 0.25) is 0 Å². The number of terminal acetylenes is 1. The van der Waals surface area contributed by atoms with E-state index in [1.807, 2.05) is 0 Å². The summed E-state index contributed by atoms with van der Waals surface area (Å²) in [5.74, 6) is 7.64. The maximum absolute atomic E-state index is 9.95. The van der Waals surface area contributed by atoms with Crippen molar-refractivity contribution in [1.82, 2.24) is 0 Å². The van der Waals surface area contributed by atoms with Crippen LogP contribution in [0.1, 0.15) is 59.8 Å². The van der Waals surface area contributed by atoms with Gasteiger partial charge in [-0.25, -0.2) is 0 Å². The van der Waals surface area contributed by atoms with Crippen LogP contribution in [-0.4, -0.2) is 32.1 Å². The van der Waals surface area contributed by atoms with Crippen LogP contribution in [0.15, 0.2) is 0 Å². The molecule has 1 aliphatic rings. The van der Waals surface area contributed by atoms with Gasteiger partial charge in [0.2, 0.25) is 0 Å². The lowest BCUT2D eigenvalue weighted by Gasteiger charge is -2.27. The zero-order chi connectivity index (χ0) is 15.2. The molecule has 0 saturated heterocycles. The Kier molecular flexibility index (Phi) is 6.60. The fourth-order valence-corrected chi connectivity index (χ4v) is 1.53. The Morgan fingerprint density at radius 2 is 1.37 bits per heavy atom. The molecule has 3 N–H and O–H groups in total. The second-order valence-corrected chi connectivity index (χ2v) is 6.10. The van der Waals surface area contributed by atoms with E-state index in [0.717, 1.165) is 25.7 Å². The Hall–Kier alpha value is -1.00. The molecule has 0 atom stereocenters. The third-order valence-corrected chi connectivity index (χ3v) is 2.64. The summed E-state index contributed by atoms with van der Waals surface area (Å²) in [5.41, 5.74) is -2.76. The van der Waals surface area contributed by atoms with Crippen LogP contribution in [0.3, 0.4) is 0 Å². The van der Waals surface area contributed by atoms with Crippen molar-refractivity contribution < 1.29 is 15.3 Å². The lowest BCUT2D eigenvalue weighted by atomic mass is 9.85. The van der Waals surface area contributed by atoms with Gasteiger partial charge >= 0.3 is 0 Å². The van der Waals surface area contributed by atoms with Crippen LogP contribution >= 0.6 is 0 Å². The Bertz CT molecular complexity index is 360. The first-order chi connectivity index (χ1) is 8.47. The van der Waals surface area contributed by atoms with E-state index < -0.39 is 16.8 Å². The van der Waals surface area contributed by atoms with E-state index in [-0.39, 0.29) is 0 Å². The maximum atomic E-state index is 9.95. The lowest BCUT2D eigenvalue weighted by Crippen LogP contribution is -2.30. The molecule has 19 heavy (non-hydrogen) atoms. The molecule has 0 aromatic rings. The molecule has 0 aromatic carbocycles. The molecule has 0 aromatic heterocycles. The normalized spacial score (nSPS) is 18.2. The summed E-state index contributed by atoms with van der Waals surface area (Å²) in [6.07, 6.45) is 9.56. The molecule has 3 nitrogen and oxygen atoms in total. The van der Waals surface area contributed by atoms with Gasteiger partial charge in [-0.05, 0) is 53.4 Å². The number of aliphatic hydroxyl groups is 3. The van der Waals surface area contributed by atoms with Crippen molar-refractivity contribution in [2.45, 2.75) is 76.6 Å². The summed E-state index contributed by atoms with van der Waals surface area (Å²) >= 11 is 0. The molecular formula is C16H26O3. The van der Waals surface area contributed by atoms with Crippen LogP contribution < -0.4 is 0 Å².